The summed E-state index contributed by atoms with van der Waals surface area (Å²) in [5.41, 5.74) is 4.37. The second kappa shape index (κ2) is 7.49. The molecule has 0 saturated heterocycles. The minimum atomic E-state index is -0.174. The Morgan fingerprint density at radius 2 is 1.89 bits per heavy atom. The molecule has 0 fully saturated rings. The highest BCUT2D eigenvalue weighted by Crippen LogP contribution is 2.35. The van der Waals surface area contributed by atoms with E-state index in [1.165, 1.54) is 22.6 Å². The summed E-state index contributed by atoms with van der Waals surface area (Å²) in [6, 6.07) is 14.2. The second-order valence-corrected chi connectivity index (χ2v) is 8.21. The monoisotopic (exact) mass is 485 g/mol. The highest BCUT2D eigenvalue weighted by molar-refractivity contribution is 9.11. The van der Waals surface area contributed by atoms with Crippen molar-refractivity contribution in [1.29, 1.82) is 0 Å². The van der Waals surface area contributed by atoms with Gasteiger partial charge in [0, 0.05) is 27.2 Å². The highest BCUT2D eigenvalue weighted by atomic mass is 79.9. The van der Waals surface area contributed by atoms with Crippen LogP contribution in [0.1, 0.15) is 16.7 Å². The molecule has 0 saturated carbocycles. The van der Waals surface area contributed by atoms with E-state index in [1.54, 1.807) is 13.2 Å². The number of hydrogen-bond acceptors (Lipinski definition) is 2. The fourth-order valence-electron chi connectivity index (χ4n) is 3.62. The molecular formula is C22H17Br2NO2. The van der Waals surface area contributed by atoms with Gasteiger partial charge in [0.1, 0.15) is 5.75 Å². The third kappa shape index (κ3) is 3.54. The minimum absolute atomic E-state index is 0.174. The number of anilines is 1. The molecule has 136 valence electrons. The van der Waals surface area contributed by atoms with Crippen LogP contribution in [0.3, 0.4) is 0 Å². The molecule has 0 aromatic heterocycles. The Kier molecular flexibility index (Phi) is 5.06. The van der Waals surface area contributed by atoms with Gasteiger partial charge in [0.25, 0.3) is 0 Å². The summed E-state index contributed by atoms with van der Waals surface area (Å²) in [5, 5.41) is 5.41. The summed E-state index contributed by atoms with van der Waals surface area (Å²) >= 11 is 6.94. The van der Waals surface area contributed by atoms with Crippen molar-refractivity contribution >= 4 is 60.3 Å². The number of carbonyl (C=O) groups is 1. The van der Waals surface area contributed by atoms with Gasteiger partial charge in [0.15, 0.2) is 0 Å². The van der Waals surface area contributed by atoms with Crippen molar-refractivity contribution in [1.82, 2.24) is 0 Å². The molecule has 1 N–H and O–H groups in total. The average molecular weight is 487 g/mol. The van der Waals surface area contributed by atoms with Gasteiger partial charge in [-0.3, -0.25) is 4.79 Å². The summed E-state index contributed by atoms with van der Waals surface area (Å²) in [7, 11) is 1.61. The van der Waals surface area contributed by atoms with E-state index in [4.69, 9.17) is 4.74 Å². The third-order valence-electron chi connectivity index (χ3n) is 4.79. The number of nitrogens with one attached hydrogen (secondary N) is 1. The van der Waals surface area contributed by atoms with Crippen LogP contribution < -0.4 is 10.1 Å². The van der Waals surface area contributed by atoms with E-state index in [1.807, 2.05) is 18.2 Å². The molecule has 3 aromatic rings. The van der Waals surface area contributed by atoms with E-state index in [0.717, 1.165) is 38.4 Å². The standard InChI is InChI=1S/C22H17Br2NO2/c1-27-22-15(11-16(23)12-18(22)24)8-10-20(26)25-19-9-7-14-6-5-13-3-2-4-17(19)21(13)14/h2-4,7-12H,5-6H2,1H3,(H,25,26)/b10-8+. The molecule has 1 aliphatic carbocycles. The van der Waals surface area contributed by atoms with Gasteiger partial charge in [-0.2, -0.15) is 0 Å². The first-order chi connectivity index (χ1) is 13.1. The molecule has 27 heavy (non-hydrogen) atoms. The van der Waals surface area contributed by atoms with E-state index in [9.17, 15) is 4.79 Å². The zero-order valence-electron chi connectivity index (χ0n) is 14.7. The summed E-state index contributed by atoms with van der Waals surface area (Å²) in [6.45, 7) is 0. The van der Waals surface area contributed by atoms with Crippen LogP contribution >= 0.6 is 31.9 Å². The molecule has 0 atom stereocenters. The van der Waals surface area contributed by atoms with Crippen LogP contribution in [-0.2, 0) is 17.6 Å². The number of aryl methyl sites for hydroxylation is 2. The first-order valence-corrected chi connectivity index (χ1v) is 10.2. The Balaban J connectivity index is 1.61. The Bertz CT molecular complexity index is 1080. The molecule has 0 aliphatic heterocycles. The molecule has 3 aromatic carbocycles. The van der Waals surface area contributed by atoms with Crippen molar-refractivity contribution in [3.05, 3.63) is 74.2 Å². The van der Waals surface area contributed by atoms with Crippen LogP contribution in [0, 0.1) is 0 Å². The third-order valence-corrected chi connectivity index (χ3v) is 5.84. The maximum atomic E-state index is 12.5. The fourth-order valence-corrected chi connectivity index (χ4v) is 5.04. The van der Waals surface area contributed by atoms with Crippen molar-refractivity contribution < 1.29 is 9.53 Å². The fraction of sp³-hybridized carbons (Fsp3) is 0.136. The number of hydrogen-bond donors (Lipinski definition) is 1. The van der Waals surface area contributed by atoms with Gasteiger partial charge in [-0.15, -0.1) is 0 Å². The van der Waals surface area contributed by atoms with Gasteiger partial charge < -0.3 is 10.1 Å². The lowest BCUT2D eigenvalue weighted by Crippen LogP contribution is -2.08. The predicted octanol–water partition coefficient (Wildman–Crippen LogP) is 6.12. The highest BCUT2D eigenvalue weighted by Gasteiger charge is 2.16. The van der Waals surface area contributed by atoms with E-state index in [2.05, 4.69) is 61.4 Å². The van der Waals surface area contributed by atoms with Gasteiger partial charge in [0.2, 0.25) is 5.91 Å². The van der Waals surface area contributed by atoms with E-state index in [-0.39, 0.29) is 5.91 Å². The number of benzene rings is 3. The Morgan fingerprint density at radius 3 is 2.67 bits per heavy atom. The number of rotatable bonds is 4. The zero-order chi connectivity index (χ0) is 19.0. The molecule has 0 radical (unpaired) electrons. The molecule has 1 aliphatic rings. The van der Waals surface area contributed by atoms with Crippen LogP contribution in [0.4, 0.5) is 5.69 Å². The van der Waals surface area contributed by atoms with Crippen molar-refractivity contribution in [2.24, 2.45) is 0 Å². The molecule has 1 amide bonds. The van der Waals surface area contributed by atoms with Gasteiger partial charge in [-0.05, 0) is 69.6 Å². The number of methoxy groups -OCH3 is 1. The lowest BCUT2D eigenvalue weighted by Gasteiger charge is -2.10. The van der Waals surface area contributed by atoms with Gasteiger partial charge in [-0.25, -0.2) is 0 Å². The lowest BCUT2D eigenvalue weighted by molar-refractivity contribution is -0.111. The number of carbonyl (C=O) groups excluding carboxylic acids is 1. The first kappa shape index (κ1) is 18.3. The topological polar surface area (TPSA) is 38.3 Å². The Labute approximate surface area is 174 Å². The van der Waals surface area contributed by atoms with Gasteiger partial charge in [-0.1, -0.05) is 40.2 Å². The van der Waals surface area contributed by atoms with Gasteiger partial charge in [0.05, 0.1) is 11.6 Å². The Morgan fingerprint density at radius 1 is 1.11 bits per heavy atom. The minimum Gasteiger partial charge on any atom is -0.495 e. The van der Waals surface area contributed by atoms with Crippen LogP contribution in [0.5, 0.6) is 5.75 Å². The molecule has 5 heteroatoms. The molecule has 0 unspecified atom stereocenters. The van der Waals surface area contributed by atoms with Gasteiger partial charge >= 0.3 is 0 Å². The Hall–Kier alpha value is -2.11. The van der Waals surface area contributed by atoms with Crippen LogP contribution in [-0.4, -0.2) is 13.0 Å². The average Bonchev–Trinajstić information content (AvgIpc) is 3.07. The maximum absolute atomic E-state index is 12.5. The van der Waals surface area contributed by atoms with Crippen molar-refractivity contribution in [2.45, 2.75) is 12.8 Å². The lowest BCUT2D eigenvalue weighted by atomic mass is 10.0. The molecule has 0 spiro atoms. The number of ether oxygens (including phenoxy) is 1. The summed E-state index contributed by atoms with van der Waals surface area (Å²) in [5.74, 6) is 0.513. The summed E-state index contributed by atoms with van der Waals surface area (Å²) in [6.07, 6.45) is 5.42. The number of amides is 1. The van der Waals surface area contributed by atoms with E-state index < -0.39 is 0 Å². The predicted molar refractivity (Wildman–Crippen MR) is 117 cm³/mol. The SMILES string of the molecule is COc1c(Br)cc(Br)cc1/C=C/C(=O)Nc1ccc2c3c(cccc13)CC2. The van der Waals surface area contributed by atoms with Crippen molar-refractivity contribution in [3.8, 4) is 5.75 Å². The second-order valence-electron chi connectivity index (χ2n) is 6.44. The summed E-state index contributed by atoms with van der Waals surface area (Å²) in [4.78, 5) is 12.5. The zero-order valence-corrected chi connectivity index (χ0v) is 17.9. The van der Waals surface area contributed by atoms with Crippen LogP contribution in [0.25, 0.3) is 16.8 Å². The largest absolute Gasteiger partial charge is 0.495 e. The van der Waals surface area contributed by atoms with Crippen molar-refractivity contribution in [2.75, 3.05) is 12.4 Å². The van der Waals surface area contributed by atoms with Crippen LogP contribution in [0.15, 0.2) is 57.5 Å². The summed E-state index contributed by atoms with van der Waals surface area (Å²) < 4.78 is 7.15. The number of halogens is 2. The van der Waals surface area contributed by atoms with E-state index in [0.29, 0.717) is 5.75 Å². The smallest absolute Gasteiger partial charge is 0.248 e. The van der Waals surface area contributed by atoms with E-state index >= 15 is 0 Å². The quantitative estimate of drug-likeness (QED) is 0.451. The normalized spacial score (nSPS) is 12.7. The van der Waals surface area contributed by atoms with Crippen molar-refractivity contribution in [3.63, 3.8) is 0 Å². The molecule has 0 heterocycles. The molecule has 3 nitrogen and oxygen atoms in total. The first-order valence-electron chi connectivity index (χ1n) is 8.62. The maximum Gasteiger partial charge on any atom is 0.248 e. The molecule has 4 rings (SSSR count). The van der Waals surface area contributed by atoms with Crippen LogP contribution in [0.2, 0.25) is 0 Å². The molecule has 0 bridgehead atoms. The molecular weight excluding hydrogens is 470 g/mol.